The summed E-state index contributed by atoms with van der Waals surface area (Å²) in [5.41, 5.74) is 13.3. The van der Waals surface area contributed by atoms with Gasteiger partial charge < -0.3 is 80.3 Å². The van der Waals surface area contributed by atoms with Crippen molar-refractivity contribution < 1.29 is 103 Å². The SMILES string of the molecule is CCOC(=O)c1ccc(-c2c(-c3cc(OC)c(OC)c(OC)c3)noc2C)cc1F.COc1cc(-c2noc(C)c2C#Cc2ccccn2)cc(OC)c1OC.COc1cc2c(cc1OC)C1C(=O)c3ccc(O)c(CC=C(C)C)c3OC1CO2.COc1ccc(-c2c(C3C4C=CCC(C)C4C(=O)N3Cc3ccccc3)ccc3ccccc23)cc1.O=S(=O)(c1ccccc1Br)N(Cc1ccccc1)Cc1ccco1. The van der Waals surface area contributed by atoms with E-state index in [9.17, 15) is 32.3 Å². The second-order valence-electron chi connectivity index (χ2n) is 34.5. The lowest BCUT2D eigenvalue weighted by atomic mass is 9.74. The van der Waals surface area contributed by atoms with Gasteiger partial charge in [0.05, 0.1) is 123 Å². The number of rotatable bonds is 26. The smallest absolute Gasteiger partial charge is 0.341 e. The van der Waals surface area contributed by atoms with Crippen molar-refractivity contribution in [3.05, 3.63) is 357 Å². The Bertz CT molecular complexity index is 7340. The summed E-state index contributed by atoms with van der Waals surface area (Å²) < 4.78 is 124. The number of hydrogen-bond acceptors (Lipinski definition) is 24. The van der Waals surface area contributed by atoms with E-state index in [2.05, 4.69) is 140 Å². The van der Waals surface area contributed by atoms with E-state index in [1.807, 2.05) is 106 Å². The molecule has 1 amide bonds. The number of aryl methyl sites for hydroxylation is 2. The first-order valence-electron chi connectivity index (χ1n) is 46.8. The van der Waals surface area contributed by atoms with Crippen LogP contribution in [0, 0.1) is 49.3 Å². The van der Waals surface area contributed by atoms with Gasteiger partial charge in [0.25, 0.3) is 0 Å². The van der Waals surface area contributed by atoms with Crippen LogP contribution in [-0.4, -0.2) is 139 Å². The molecule has 1 aliphatic carbocycles. The Morgan fingerprint density at radius 1 is 0.614 bits per heavy atom. The van der Waals surface area contributed by atoms with E-state index in [0.717, 1.165) is 40.0 Å². The summed E-state index contributed by atoms with van der Waals surface area (Å²) in [5.74, 6) is 12.6. The first-order chi connectivity index (χ1) is 70.3. The molecule has 19 rings (SSSR count). The number of phenols is 1. The monoisotopic (exact) mass is 2040 g/mol. The van der Waals surface area contributed by atoms with E-state index in [1.165, 1.54) is 59.7 Å². The van der Waals surface area contributed by atoms with Crippen molar-refractivity contribution in [3.63, 3.8) is 0 Å². The summed E-state index contributed by atoms with van der Waals surface area (Å²) in [6.45, 7) is 12.9. The fraction of sp³-hybridized carbons (Fsp3) is 0.241. The van der Waals surface area contributed by atoms with Crippen molar-refractivity contribution in [3.8, 4) is 126 Å². The Hall–Kier alpha value is -15.9. The minimum absolute atomic E-state index is 0.0129. The van der Waals surface area contributed by atoms with Gasteiger partial charge in [0.1, 0.15) is 75.9 Å². The molecule has 26 nitrogen and oxygen atoms in total. The Labute approximate surface area is 850 Å². The topological polar surface area (TPSA) is 301 Å². The van der Waals surface area contributed by atoms with E-state index in [-0.39, 0.29) is 72.1 Å². The number of Topliss-reactive ketones (excluding diaryl/α,β-unsaturated/α-hetero) is 1. The van der Waals surface area contributed by atoms with E-state index < -0.39 is 33.8 Å². The number of carbonyl (C=O) groups excluding carboxylic acids is 3. The van der Waals surface area contributed by atoms with Crippen LogP contribution >= 0.6 is 15.9 Å². The first-order valence-corrected chi connectivity index (χ1v) is 49.0. The molecule has 0 radical (unpaired) electrons. The highest BCUT2D eigenvalue weighted by Gasteiger charge is 2.51. The van der Waals surface area contributed by atoms with Crippen molar-refractivity contribution in [2.24, 2.45) is 17.8 Å². The number of benzene rings is 11. The summed E-state index contributed by atoms with van der Waals surface area (Å²) in [6, 6.07) is 75.2. The number of fused-ring (bicyclic) bond motifs is 6. The van der Waals surface area contributed by atoms with Crippen LogP contribution in [0.3, 0.4) is 0 Å². The molecule has 0 spiro atoms. The van der Waals surface area contributed by atoms with E-state index in [4.69, 9.17) is 70.3 Å². The van der Waals surface area contributed by atoms with Gasteiger partial charge >= 0.3 is 5.97 Å². The van der Waals surface area contributed by atoms with Crippen molar-refractivity contribution in [2.45, 2.75) is 97.0 Å². The molecule has 4 aromatic heterocycles. The molecule has 0 bridgehead atoms. The van der Waals surface area contributed by atoms with Crippen molar-refractivity contribution >= 4 is 54.4 Å². The Kier molecular flexibility index (Phi) is 33.8. The minimum Gasteiger partial charge on any atom is -0.508 e. The molecule has 11 aromatic carbocycles. The van der Waals surface area contributed by atoms with Crippen LogP contribution in [0.4, 0.5) is 4.39 Å². The third-order valence-corrected chi connectivity index (χ3v) is 28.1. The predicted octanol–water partition coefficient (Wildman–Crippen LogP) is 24.0. The highest BCUT2D eigenvalue weighted by Crippen LogP contribution is 2.54. The van der Waals surface area contributed by atoms with Crippen LogP contribution in [0.2, 0.25) is 0 Å². The number of methoxy groups -OCH3 is 9. The van der Waals surface area contributed by atoms with E-state index >= 15 is 0 Å². The van der Waals surface area contributed by atoms with Crippen molar-refractivity contribution in [1.29, 1.82) is 0 Å². The van der Waals surface area contributed by atoms with Crippen LogP contribution in [0.15, 0.2) is 302 Å². The summed E-state index contributed by atoms with van der Waals surface area (Å²) in [7, 11) is 10.4. The van der Waals surface area contributed by atoms with Gasteiger partial charge in [0.15, 0.2) is 40.3 Å². The third kappa shape index (κ3) is 22.9. The molecule has 6 unspecified atom stereocenters. The third-order valence-electron chi connectivity index (χ3n) is 25.3. The number of aromatic nitrogens is 3. The molecule has 3 aliphatic heterocycles. The van der Waals surface area contributed by atoms with Crippen LogP contribution in [0.1, 0.15) is 123 Å². The molecule has 0 saturated carbocycles. The zero-order valence-corrected chi connectivity index (χ0v) is 85.3. The highest BCUT2D eigenvalue weighted by molar-refractivity contribution is 9.10. The molecule has 1 fully saturated rings. The number of carbonyl (C=O) groups is 3. The lowest BCUT2D eigenvalue weighted by Gasteiger charge is -2.38. The number of pyridine rings is 1. The number of ketones is 1. The van der Waals surface area contributed by atoms with Gasteiger partial charge in [-0.15, -0.1) is 0 Å². The van der Waals surface area contributed by atoms with E-state index in [1.54, 1.807) is 148 Å². The number of furan rings is 1. The maximum absolute atomic E-state index is 14.6. The molecule has 145 heavy (non-hydrogen) atoms. The van der Waals surface area contributed by atoms with Gasteiger partial charge in [0.2, 0.25) is 27.4 Å². The second kappa shape index (κ2) is 47.3. The van der Waals surface area contributed by atoms with Crippen molar-refractivity contribution in [1.82, 2.24) is 24.5 Å². The number of halogens is 2. The molecular formula is C116H111BrFN5O21S. The number of nitrogens with zero attached hydrogens (tertiary/aromatic N) is 5. The lowest BCUT2D eigenvalue weighted by Crippen LogP contribution is -2.43. The van der Waals surface area contributed by atoms with Crippen LogP contribution in [0.25, 0.3) is 55.5 Å². The summed E-state index contributed by atoms with van der Waals surface area (Å²) in [6.07, 6.45) is 10.8. The van der Waals surface area contributed by atoms with Crippen LogP contribution in [-0.2, 0) is 45.6 Å². The number of phenolic OH excluding ortho intramolecular Hbond substituents is 1. The fourth-order valence-corrected chi connectivity index (χ4v) is 20.6. The number of allylic oxidation sites excluding steroid dienone is 3. The normalized spacial score (nSPS) is 15.5. The quantitative estimate of drug-likeness (QED) is 0.0299. The largest absolute Gasteiger partial charge is 0.508 e. The molecular weight excluding hydrogens is 1930 g/mol. The molecule has 4 aliphatic rings. The van der Waals surface area contributed by atoms with Crippen LogP contribution in [0.5, 0.6) is 69.0 Å². The maximum atomic E-state index is 14.6. The van der Waals surface area contributed by atoms with Gasteiger partial charge in [0, 0.05) is 63.9 Å². The predicted molar refractivity (Wildman–Crippen MR) is 553 cm³/mol. The standard InChI is InChI=1S/C33H31NO2.C23H24O6.C22H22FNO6.C20H18N2O4.C18H16BrNO3S/c1-22-9-8-14-28-30(22)33(35)34(21-23-10-4-3-5-11-23)32(28)29-20-17-24-12-6-7-13-27(24)31(29)25-15-18-26(36-2)19-16-25;1-12(2)5-6-13-16(24)8-7-14-22(25)21-15-9-18(26-3)19(27-4)10-17(15)28-11-20(21)29-23(13)14;1-6-29-22(25)15-8-7-13(9-16(15)23)19-12(2)30-24-20(19)14-10-17(26-3)21(28-5)18(11-14)27-4;1-13-16(9-8-15-7-5-6-10-21-15)19(22-26-13)14-11-17(23-2)20(25-4)18(12-14)24-3;19-17-10-4-5-11-18(17)24(21,22)20(14-16-9-6-12-23-16)13-15-7-2-1-3-8-15/h3-8,10-20,22,28,30,32H,9,21H2,1-2H3;5,7-10,20-21,24H,6,11H2,1-4H3;7-11H,6H2,1-5H3;5-7,10-12H,1-4H3;1-12H,13-14H2. The average molecular weight is 2040 g/mol. The van der Waals surface area contributed by atoms with Gasteiger partial charge in [-0.2, -0.15) is 4.31 Å². The number of esters is 1. The molecule has 1 saturated heterocycles. The summed E-state index contributed by atoms with van der Waals surface area (Å²) in [5, 5.41) is 21.1. The number of sulfonamides is 1. The number of amides is 1. The molecule has 1 N–H and O–H groups in total. The second-order valence-corrected chi connectivity index (χ2v) is 37.3. The zero-order chi connectivity index (χ0) is 103. The van der Waals surface area contributed by atoms with Gasteiger partial charge in [-0.3, -0.25) is 9.59 Å². The molecule has 6 atom stereocenters. The molecule has 7 heterocycles. The molecule has 15 aromatic rings. The number of ether oxygens (including phenoxy) is 12. The van der Waals surface area contributed by atoms with Gasteiger partial charge in [-0.05, 0) is 223 Å². The fourth-order valence-electron chi connectivity index (χ4n) is 18.2. The van der Waals surface area contributed by atoms with Crippen LogP contribution < -0.4 is 52.1 Å². The van der Waals surface area contributed by atoms with Crippen molar-refractivity contribution in [2.75, 3.05) is 77.2 Å². The van der Waals surface area contributed by atoms with Gasteiger partial charge in [-0.25, -0.2) is 22.6 Å². The molecule has 29 heteroatoms. The average Bonchev–Trinajstić information content (AvgIpc) is 1.59. The maximum Gasteiger partial charge on any atom is 0.341 e. The minimum atomic E-state index is -3.68. The number of hydrogen-bond donors (Lipinski definition) is 1. The first kappa shape index (κ1) is 103. The zero-order valence-electron chi connectivity index (χ0n) is 82.9. The summed E-state index contributed by atoms with van der Waals surface area (Å²) in [4.78, 5) is 46.0. The lowest BCUT2D eigenvalue weighted by molar-refractivity contribution is -0.134. The Morgan fingerprint density at radius 3 is 1.86 bits per heavy atom. The van der Waals surface area contributed by atoms with Gasteiger partial charge in [-0.1, -0.05) is 180 Å². The Balaban J connectivity index is 0.000000137. The highest BCUT2D eigenvalue weighted by atomic mass is 79.9. The summed E-state index contributed by atoms with van der Waals surface area (Å²) >= 11 is 3.33. The Morgan fingerprint density at radius 2 is 1.23 bits per heavy atom. The number of aromatic hydroxyl groups is 1. The van der Waals surface area contributed by atoms with E-state index in [0.29, 0.717) is 154 Å². The number of likely N-dealkylation sites (tertiary alicyclic amines) is 1. The molecule has 746 valence electrons.